The second kappa shape index (κ2) is 64.7. The van der Waals surface area contributed by atoms with Crippen molar-refractivity contribution in [2.75, 3.05) is 39.6 Å². The van der Waals surface area contributed by atoms with E-state index in [-0.39, 0.29) is 25.7 Å². The molecule has 0 amide bonds. The Hall–Kier alpha value is -1.94. The van der Waals surface area contributed by atoms with Gasteiger partial charge in [-0.2, -0.15) is 0 Å². The summed E-state index contributed by atoms with van der Waals surface area (Å²) in [6.45, 7) is 11.9. The third-order valence-corrected chi connectivity index (χ3v) is 19.4. The van der Waals surface area contributed by atoms with E-state index >= 15 is 0 Å². The third-order valence-electron chi connectivity index (χ3n) is 17.5. The van der Waals surface area contributed by atoms with Crippen molar-refractivity contribution < 1.29 is 80.2 Å². The Bertz CT molecular complexity index is 1820. The van der Waals surface area contributed by atoms with Crippen molar-refractivity contribution in [1.29, 1.82) is 0 Å². The lowest BCUT2D eigenvalue weighted by Gasteiger charge is -2.21. The van der Waals surface area contributed by atoms with E-state index in [2.05, 4.69) is 48.5 Å². The second-order valence-corrected chi connectivity index (χ2v) is 30.8. The van der Waals surface area contributed by atoms with Gasteiger partial charge in [0.15, 0.2) is 12.2 Å². The van der Waals surface area contributed by atoms with Crippen LogP contribution in [0.2, 0.25) is 0 Å². The molecule has 552 valence electrons. The molecular formula is C74H144O17P2. The monoisotopic (exact) mass is 1370 g/mol. The summed E-state index contributed by atoms with van der Waals surface area (Å²) in [5, 5.41) is 10.6. The van der Waals surface area contributed by atoms with Crippen LogP contribution in [0.25, 0.3) is 0 Å². The van der Waals surface area contributed by atoms with Crippen LogP contribution in [0.4, 0.5) is 0 Å². The Labute approximate surface area is 568 Å². The normalized spacial score (nSPS) is 14.4. The van der Waals surface area contributed by atoms with Crippen molar-refractivity contribution in [3.05, 3.63) is 0 Å². The number of carbonyl (C=O) groups excluding carboxylic acids is 4. The molecule has 0 heterocycles. The summed E-state index contributed by atoms with van der Waals surface area (Å²) in [5.74, 6) is 0.274. The minimum absolute atomic E-state index is 0.106. The van der Waals surface area contributed by atoms with Crippen LogP contribution in [-0.4, -0.2) is 96.7 Å². The van der Waals surface area contributed by atoms with E-state index < -0.39 is 97.5 Å². The second-order valence-electron chi connectivity index (χ2n) is 27.9. The molecule has 3 unspecified atom stereocenters. The molecule has 0 aromatic heterocycles. The maximum absolute atomic E-state index is 13.1. The number of esters is 4. The fourth-order valence-corrected chi connectivity index (χ4v) is 12.8. The van der Waals surface area contributed by atoms with E-state index in [0.717, 1.165) is 114 Å². The van der Waals surface area contributed by atoms with E-state index in [4.69, 9.17) is 37.0 Å². The molecule has 0 radical (unpaired) electrons. The Morgan fingerprint density at radius 3 is 0.817 bits per heavy atom. The smallest absolute Gasteiger partial charge is 0.462 e. The average molecular weight is 1370 g/mol. The number of aliphatic hydroxyl groups is 1. The number of rotatable bonds is 72. The minimum atomic E-state index is -4.95. The lowest BCUT2D eigenvalue weighted by Crippen LogP contribution is -2.30. The number of hydrogen-bond donors (Lipinski definition) is 3. The highest BCUT2D eigenvalue weighted by molar-refractivity contribution is 7.47. The summed E-state index contributed by atoms with van der Waals surface area (Å²) in [6.07, 6.45) is 50.2. The predicted octanol–water partition coefficient (Wildman–Crippen LogP) is 21.4. The van der Waals surface area contributed by atoms with Gasteiger partial charge < -0.3 is 33.8 Å². The van der Waals surface area contributed by atoms with E-state index in [1.807, 2.05) is 0 Å². The minimum Gasteiger partial charge on any atom is -0.462 e. The number of hydrogen-bond acceptors (Lipinski definition) is 15. The van der Waals surface area contributed by atoms with Crippen LogP contribution in [0.5, 0.6) is 0 Å². The molecule has 19 heteroatoms. The van der Waals surface area contributed by atoms with Crippen molar-refractivity contribution in [2.45, 2.75) is 394 Å². The summed E-state index contributed by atoms with van der Waals surface area (Å²) in [4.78, 5) is 72.5. The van der Waals surface area contributed by atoms with E-state index in [1.165, 1.54) is 180 Å². The van der Waals surface area contributed by atoms with Gasteiger partial charge in [0.2, 0.25) is 0 Å². The SMILES string of the molecule is CCCCCCCC(=O)OC[C@H](COP(=O)(O)OC[C@H](O)COP(=O)(O)OC[C@@H](COC(=O)CCCCCCCCCCCCCCC(C)C)OC(=O)CCCCCCCCCCCCCCCCC(C)CC)OC(=O)CCCCCCCCCCCCCCC(C)C. The van der Waals surface area contributed by atoms with Crippen molar-refractivity contribution >= 4 is 39.5 Å². The molecule has 0 rings (SSSR count). The highest BCUT2D eigenvalue weighted by atomic mass is 31.2. The topological polar surface area (TPSA) is 237 Å². The maximum Gasteiger partial charge on any atom is 0.472 e. The van der Waals surface area contributed by atoms with E-state index in [9.17, 15) is 43.2 Å². The van der Waals surface area contributed by atoms with E-state index in [1.54, 1.807) is 0 Å². The number of phosphoric acid groups is 2. The molecule has 0 aromatic carbocycles. The zero-order valence-corrected chi connectivity index (χ0v) is 62.5. The van der Waals surface area contributed by atoms with Gasteiger partial charge in [-0.05, 0) is 43.4 Å². The summed E-state index contributed by atoms with van der Waals surface area (Å²) >= 11 is 0. The standard InChI is InChI=1S/C74H144O17P2/c1-8-10-11-38-48-55-71(76)84-61-69(90-73(78)57-51-44-37-31-25-19-17-21-27-33-40-46-53-66(5)6)63-88-92(80,81)86-59-68(75)60-87-93(82,83)89-64-70(62-85-72(77)56-49-42-35-29-23-18-16-20-26-32-39-45-52-65(3)4)91-74(79)58-50-43-36-30-24-15-13-12-14-22-28-34-41-47-54-67(7)9-2/h65-70,75H,8-64H2,1-7H3,(H,80,81)(H,82,83)/t67?,68-,69+,70+/m0/s1. The quantitative estimate of drug-likeness (QED) is 0.0222. The highest BCUT2D eigenvalue weighted by Gasteiger charge is 2.30. The molecule has 6 atom stereocenters. The van der Waals surface area contributed by atoms with Gasteiger partial charge in [0.1, 0.15) is 19.3 Å². The molecule has 93 heavy (non-hydrogen) atoms. The first kappa shape index (κ1) is 91.1. The lowest BCUT2D eigenvalue weighted by atomic mass is 9.99. The largest absolute Gasteiger partial charge is 0.472 e. The molecule has 0 fully saturated rings. The Kier molecular flexibility index (Phi) is 63.4. The van der Waals surface area contributed by atoms with Crippen molar-refractivity contribution in [1.82, 2.24) is 0 Å². The molecule has 17 nitrogen and oxygen atoms in total. The Morgan fingerprint density at radius 2 is 0.548 bits per heavy atom. The fourth-order valence-electron chi connectivity index (χ4n) is 11.2. The third kappa shape index (κ3) is 67.0. The zero-order valence-electron chi connectivity index (χ0n) is 60.7. The first-order valence-corrected chi connectivity index (χ1v) is 41.4. The molecule has 0 aliphatic heterocycles. The number of phosphoric ester groups is 2. The molecule has 0 saturated carbocycles. The van der Waals surface area contributed by atoms with Gasteiger partial charge in [0.25, 0.3) is 0 Å². The van der Waals surface area contributed by atoms with E-state index in [0.29, 0.717) is 25.7 Å². The zero-order chi connectivity index (χ0) is 68.7. The molecule has 0 saturated heterocycles. The predicted molar refractivity (Wildman–Crippen MR) is 377 cm³/mol. The lowest BCUT2D eigenvalue weighted by molar-refractivity contribution is -0.161. The average Bonchev–Trinajstić information content (AvgIpc) is 2.98. The van der Waals surface area contributed by atoms with Crippen molar-refractivity contribution in [3.8, 4) is 0 Å². The van der Waals surface area contributed by atoms with Gasteiger partial charge in [-0.1, -0.05) is 325 Å². The van der Waals surface area contributed by atoms with Gasteiger partial charge in [0, 0.05) is 25.7 Å². The number of ether oxygens (including phenoxy) is 4. The molecule has 0 spiro atoms. The summed E-state index contributed by atoms with van der Waals surface area (Å²) in [5.41, 5.74) is 0. The van der Waals surface area contributed by atoms with Crippen LogP contribution in [0.15, 0.2) is 0 Å². The van der Waals surface area contributed by atoms with Crippen LogP contribution < -0.4 is 0 Å². The maximum atomic E-state index is 13.1. The van der Waals surface area contributed by atoms with Crippen LogP contribution in [0.1, 0.15) is 376 Å². The highest BCUT2D eigenvalue weighted by Crippen LogP contribution is 2.45. The Balaban J connectivity index is 5.15. The first-order valence-electron chi connectivity index (χ1n) is 38.4. The van der Waals surface area contributed by atoms with Crippen molar-refractivity contribution in [3.63, 3.8) is 0 Å². The van der Waals surface area contributed by atoms with Crippen LogP contribution >= 0.6 is 15.6 Å². The molecular weight excluding hydrogens is 1220 g/mol. The van der Waals surface area contributed by atoms with Crippen LogP contribution in [0, 0.1) is 17.8 Å². The van der Waals surface area contributed by atoms with Crippen molar-refractivity contribution in [2.24, 2.45) is 17.8 Å². The van der Waals surface area contributed by atoms with Gasteiger partial charge in [-0.25, -0.2) is 9.13 Å². The van der Waals surface area contributed by atoms with Crippen LogP contribution in [-0.2, 0) is 65.4 Å². The number of aliphatic hydroxyl groups excluding tert-OH is 1. The molecule has 0 bridgehead atoms. The number of unbranched alkanes of at least 4 members (excludes halogenated alkanes) is 39. The van der Waals surface area contributed by atoms with Gasteiger partial charge in [-0.15, -0.1) is 0 Å². The molecule has 3 N–H and O–H groups in total. The summed E-state index contributed by atoms with van der Waals surface area (Å²) < 4.78 is 68.3. The van der Waals surface area contributed by atoms with Gasteiger partial charge in [-0.3, -0.25) is 37.3 Å². The fraction of sp³-hybridized carbons (Fsp3) is 0.946. The molecule has 0 aromatic rings. The summed E-state index contributed by atoms with van der Waals surface area (Å²) in [6, 6.07) is 0. The first-order chi connectivity index (χ1) is 44.8. The van der Waals surface area contributed by atoms with Gasteiger partial charge >= 0.3 is 39.5 Å². The molecule has 0 aliphatic carbocycles. The van der Waals surface area contributed by atoms with Gasteiger partial charge in [0.05, 0.1) is 26.4 Å². The number of carbonyl (C=O) groups is 4. The Morgan fingerprint density at radius 1 is 0.312 bits per heavy atom. The molecule has 0 aliphatic rings. The van der Waals surface area contributed by atoms with Crippen LogP contribution in [0.3, 0.4) is 0 Å². The summed E-state index contributed by atoms with van der Waals surface area (Å²) in [7, 11) is -9.90.